The number of nitro benzene ring substituents is 1. The lowest BCUT2D eigenvalue weighted by molar-refractivity contribution is -0.383. The Bertz CT molecular complexity index is 635. The van der Waals surface area contributed by atoms with Crippen molar-refractivity contribution in [3.05, 3.63) is 46.1 Å². The van der Waals surface area contributed by atoms with E-state index in [-0.39, 0.29) is 5.69 Å². The minimum Gasteiger partial charge on any atom is -0.390 e. The average molecular weight is 294 g/mol. The normalized spacial score (nSPS) is 14.2. The summed E-state index contributed by atoms with van der Waals surface area (Å²) in [6.45, 7) is 0. The van der Waals surface area contributed by atoms with E-state index in [1.54, 1.807) is 12.1 Å². The van der Waals surface area contributed by atoms with Crippen molar-refractivity contribution in [2.24, 2.45) is 0 Å². The number of aromatic nitrogens is 1. The molecule has 0 saturated heterocycles. The second-order valence-electron chi connectivity index (χ2n) is 4.36. The van der Waals surface area contributed by atoms with Crippen molar-refractivity contribution in [2.45, 2.75) is 18.6 Å². The zero-order valence-corrected chi connectivity index (χ0v) is 11.4. The number of thiol groups is 1. The molecule has 1 aromatic heterocycles. The van der Waals surface area contributed by atoms with Crippen molar-refractivity contribution < 1.29 is 15.1 Å². The fraction of sp³-hybridized carbons (Fsp3) is 0.308. The predicted molar refractivity (Wildman–Crippen MR) is 77.8 cm³/mol. The molecular weight excluding hydrogens is 280 g/mol. The summed E-state index contributed by atoms with van der Waals surface area (Å²) in [4.78, 5) is 14.6. The number of nitro groups is 1. The molecule has 0 saturated carbocycles. The smallest absolute Gasteiger partial charge is 0.278 e. The first kappa shape index (κ1) is 14.7. The van der Waals surface area contributed by atoms with Gasteiger partial charge in [0, 0.05) is 17.8 Å². The van der Waals surface area contributed by atoms with E-state index in [4.69, 9.17) is 0 Å². The first-order chi connectivity index (χ1) is 9.56. The van der Waals surface area contributed by atoms with Crippen LogP contribution in [0.4, 0.5) is 5.69 Å². The molecule has 1 heterocycles. The van der Waals surface area contributed by atoms with Crippen molar-refractivity contribution in [1.82, 2.24) is 4.98 Å². The third kappa shape index (κ3) is 2.74. The molecule has 2 N–H and O–H groups in total. The summed E-state index contributed by atoms with van der Waals surface area (Å²) in [7, 11) is 0. The van der Waals surface area contributed by atoms with Gasteiger partial charge in [-0.1, -0.05) is 0 Å². The second-order valence-corrected chi connectivity index (χ2v) is 4.80. The highest BCUT2D eigenvalue weighted by atomic mass is 32.1. The maximum absolute atomic E-state index is 11.0. The summed E-state index contributed by atoms with van der Waals surface area (Å²) < 4.78 is 0. The summed E-state index contributed by atoms with van der Waals surface area (Å²) in [6, 6.07) is 5.91. The van der Waals surface area contributed by atoms with Gasteiger partial charge in [-0.3, -0.25) is 15.1 Å². The first-order valence-electron chi connectivity index (χ1n) is 6.05. The molecule has 106 valence electrons. The molecule has 6 nitrogen and oxygen atoms in total. The van der Waals surface area contributed by atoms with Crippen molar-refractivity contribution in [1.29, 1.82) is 0 Å². The number of hydrogen-bond donors (Lipinski definition) is 3. The fourth-order valence-corrected chi connectivity index (χ4v) is 2.34. The van der Waals surface area contributed by atoms with Crippen LogP contribution in [0, 0.1) is 10.1 Å². The van der Waals surface area contributed by atoms with Crippen LogP contribution in [-0.2, 0) is 0 Å². The number of rotatable bonds is 5. The number of hydrogen-bond acceptors (Lipinski definition) is 6. The monoisotopic (exact) mass is 294 g/mol. The Morgan fingerprint density at radius 2 is 2.10 bits per heavy atom. The van der Waals surface area contributed by atoms with E-state index in [1.165, 1.54) is 18.3 Å². The molecule has 0 aliphatic heterocycles. The van der Waals surface area contributed by atoms with Gasteiger partial charge >= 0.3 is 0 Å². The number of aliphatic hydroxyl groups is 2. The van der Waals surface area contributed by atoms with Crippen molar-refractivity contribution >= 4 is 29.2 Å². The molecule has 2 aromatic rings. The Kier molecular flexibility index (Phi) is 4.53. The van der Waals surface area contributed by atoms with E-state index in [9.17, 15) is 20.3 Å². The Hall–Kier alpha value is -1.70. The number of non-ortho nitro benzene ring substituents is 1. The highest BCUT2D eigenvalue weighted by molar-refractivity contribution is 7.80. The zero-order valence-electron chi connectivity index (χ0n) is 10.5. The molecule has 0 aliphatic carbocycles. The van der Waals surface area contributed by atoms with Gasteiger partial charge in [0.1, 0.15) is 6.10 Å². The average Bonchev–Trinajstić information content (AvgIpc) is 2.45. The molecule has 2 atom stereocenters. The maximum Gasteiger partial charge on any atom is 0.278 e. The van der Waals surface area contributed by atoms with Gasteiger partial charge in [-0.05, 0) is 30.4 Å². The topological polar surface area (TPSA) is 96.5 Å². The van der Waals surface area contributed by atoms with Crippen LogP contribution in [0.25, 0.3) is 10.9 Å². The van der Waals surface area contributed by atoms with Gasteiger partial charge in [0.05, 0.1) is 21.9 Å². The van der Waals surface area contributed by atoms with Gasteiger partial charge < -0.3 is 10.2 Å². The molecule has 0 radical (unpaired) electrons. The number of aliphatic hydroxyl groups excluding tert-OH is 2. The van der Waals surface area contributed by atoms with E-state index in [2.05, 4.69) is 17.6 Å². The molecule has 0 bridgehead atoms. The minimum atomic E-state index is -1.15. The molecule has 0 fully saturated rings. The van der Waals surface area contributed by atoms with E-state index >= 15 is 0 Å². The van der Waals surface area contributed by atoms with Crippen molar-refractivity contribution in [3.8, 4) is 0 Å². The molecule has 0 aliphatic rings. The number of benzene rings is 1. The molecule has 2 unspecified atom stereocenters. The van der Waals surface area contributed by atoms with E-state index in [0.29, 0.717) is 28.6 Å². The molecule has 1 aromatic carbocycles. The van der Waals surface area contributed by atoms with Crippen molar-refractivity contribution in [2.75, 3.05) is 5.75 Å². The SMILES string of the molecule is O=[N+]([O-])c1ccc(C(O)C(O)CCS)c2ncccc12. The third-order valence-corrected chi connectivity index (χ3v) is 3.34. The third-order valence-electron chi connectivity index (χ3n) is 3.08. The van der Waals surface area contributed by atoms with Crippen LogP contribution in [0.1, 0.15) is 18.1 Å². The van der Waals surface area contributed by atoms with Crippen LogP contribution in [0.15, 0.2) is 30.5 Å². The second kappa shape index (κ2) is 6.17. The van der Waals surface area contributed by atoms with Gasteiger partial charge in [0.2, 0.25) is 0 Å². The molecule has 2 rings (SSSR count). The zero-order chi connectivity index (χ0) is 14.7. The fourth-order valence-electron chi connectivity index (χ4n) is 2.07. The van der Waals surface area contributed by atoms with Crippen LogP contribution in [0.2, 0.25) is 0 Å². The predicted octanol–water partition coefficient (Wildman–Crippen LogP) is 1.86. The van der Waals surface area contributed by atoms with Crippen LogP contribution < -0.4 is 0 Å². The molecule has 7 heteroatoms. The van der Waals surface area contributed by atoms with Crippen LogP contribution in [-0.4, -0.2) is 32.0 Å². The summed E-state index contributed by atoms with van der Waals surface area (Å²) >= 11 is 4.01. The molecule has 0 spiro atoms. The van der Waals surface area contributed by atoms with Crippen LogP contribution >= 0.6 is 12.6 Å². The van der Waals surface area contributed by atoms with Gasteiger partial charge in [-0.2, -0.15) is 12.6 Å². The van der Waals surface area contributed by atoms with E-state index in [0.717, 1.165) is 0 Å². The Balaban J connectivity index is 2.56. The standard InChI is InChI=1S/C13H14N2O4S/c16-11(5-7-20)13(17)9-3-4-10(15(18)19)8-2-1-6-14-12(8)9/h1-4,6,11,13,16-17,20H,5,7H2. The maximum atomic E-state index is 11.0. The minimum absolute atomic E-state index is 0.0762. The molecule has 0 amide bonds. The highest BCUT2D eigenvalue weighted by Crippen LogP contribution is 2.31. The lowest BCUT2D eigenvalue weighted by Gasteiger charge is -2.18. The van der Waals surface area contributed by atoms with Crippen LogP contribution in [0.3, 0.4) is 0 Å². The Labute approximate surface area is 120 Å². The van der Waals surface area contributed by atoms with Gasteiger partial charge in [-0.25, -0.2) is 0 Å². The van der Waals surface area contributed by atoms with E-state index in [1.807, 2.05) is 0 Å². The number of nitrogens with zero attached hydrogens (tertiary/aromatic N) is 2. The highest BCUT2D eigenvalue weighted by Gasteiger charge is 2.23. The summed E-state index contributed by atoms with van der Waals surface area (Å²) in [5.74, 6) is 0.427. The van der Waals surface area contributed by atoms with Crippen molar-refractivity contribution in [3.63, 3.8) is 0 Å². The Morgan fingerprint density at radius 1 is 1.35 bits per heavy atom. The molecular formula is C13H14N2O4S. The summed E-state index contributed by atoms with van der Waals surface area (Å²) in [5, 5.41) is 31.3. The largest absolute Gasteiger partial charge is 0.390 e. The van der Waals surface area contributed by atoms with Crippen LogP contribution in [0.5, 0.6) is 0 Å². The summed E-state index contributed by atoms with van der Waals surface area (Å²) in [6.07, 6.45) is -0.331. The number of fused-ring (bicyclic) bond motifs is 1. The lowest BCUT2D eigenvalue weighted by Crippen LogP contribution is -2.19. The molecule has 20 heavy (non-hydrogen) atoms. The Morgan fingerprint density at radius 3 is 2.75 bits per heavy atom. The number of pyridine rings is 1. The van der Waals surface area contributed by atoms with Gasteiger partial charge in [0.25, 0.3) is 5.69 Å². The van der Waals surface area contributed by atoms with Gasteiger partial charge in [0.15, 0.2) is 0 Å². The lowest BCUT2D eigenvalue weighted by atomic mass is 9.98. The first-order valence-corrected chi connectivity index (χ1v) is 6.68. The quantitative estimate of drug-likeness (QED) is 0.444. The summed E-state index contributed by atoms with van der Waals surface area (Å²) in [5.41, 5.74) is 0.626. The van der Waals surface area contributed by atoms with E-state index < -0.39 is 17.1 Å². The van der Waals surface area contributed by atoms with Gasteiger partial charge in [-0.15, -0.1) is 0 Å².